The van der Waals surface area contributed by atoms with Gasteiger partial charge in [-0.1, -0.05) is 6.92 Å². The van der Waals surface area contributed by atoms with Crippen LogP contribution in [0.5, 0.6) is 0 Å². The molecular formula is C12H24N2O. The summed E-state index contributed by atoms with van der Waals surface area (Å²) in [5.41, 5.74) is 0. The molecule has 3 atom stereocenters. The minimum atomic E-state index is 0.0913. The molecule has 1 rings (SSSR count). The predicted molar refractivity (Wildman–Crippen MR) is 63.0 cm³/mol. The molecule has 3 nitrogen and oxygen atoms in total. The summed E-state index contributed by atoms with van der Waals surface area (Å²) in [5, 5.41) is 0. The summed E-state index contributed by atoms with van der Waals surface area (Å²) < 4.78 is 0. The van der Waals surface area contributed by atoms with Crippen molar-refractivity contribution < 1.29 is 4.79 Å². The average molecular weight is 212 g/mol. The van der Waals surface area contributed by atoms with E-state index in [0.717, 1.165) is 13.1 Å². The van der Waals surface area contributed by atoms with Crippen LogP contribution >= 0.6 is 0 Å². The highest BCUT2D eigenvalue weighted by atomic mass is 16.1. The third-order valence-electron chi connectivity index (χ3n) is 3.75. The van der Waals surface area contributed by atoms with E-state index in [1.54, 1.807) is 0 Å². The number of carbonyl (C=O) groups is 1. The molecule has 1 fully saturated rings. The first-order valence-electron chi connectivity index (χ1n) is 5.96. The van der Waals surface area contributed by atoms with E-state index in [4.69, 9.17) is 0 Å². The molecule has 0 aliphatic carbocycles. The van der Waals surface area contributed by atoms with E-state index in [1.807, 2.05) is 13.8 Å². The standard InChI is InChI=1S/C12H24N2O/c1-6-12(15)11(4)14-7-9(2)13(5)10(3)8-14/h9-11H,6-8H2,1-5H3. The molecule has 1 aliphatic heterocycles. The second-order valence-corrected chi connectivity index (χ2v) is 4.81. The molecule has 88 valence electrons. The molecule has 1 aliphatic rings. The zero-order chi connectivity index (χ0) is 11.6. The van der Waals surface area contributed by atoms with E-state index >= 15 is 0 Å². The summed E-state index contributed by atoms with van der Waals surface area (Å²) in [6, 6.07) is 1.18. The van der Waals surface area contributed by atoms with Crippen LogP contribution in [0.15, 0.2) is 0 Å². The molecule has 0 radical (unpaired) electrons. The van der Waals surface area contributed by atoms with Crippen molar-refractivity contribution in [3.63, 3.8) is 0 Å². The van der Waals surface area contributed by atoms with E-state index < -0.39 is 0 Å². The molecular weight excluding hydrogens is 188 g/mol. The van der Waals surface area contributed by atoms with Crippen LogP contribution in [0, 0.1) is 0 Å². The number of ketones is 1. The minimum Gasteiger partial charge on any atom is -0.298 e. The lowest BCUT2D eigenvalue weighted by atomic mass is 10.0. The molecule has 0 saturated carbocycles. The monoisotopic (exact) mass is 212 g/mol. The summed E-state index contributed by atoms with van der Waals surface area (Å²) in [4.78, 5) is 16.4. The van der Waals surface area contributed by atoms with Gasteiger partial charge in [-0.25, -0.2) is 0 Å². The van der Waals surface area contributed by atoms with Gasteiger partial charge in [0.1, 0.15) is 5.78 Å². The van der Waals surface area contributed by atoms with Crippen molar-refractivity contribution in [2.24, 2.45) is 0 Å². The fourth-order valence-electron chi connectivity index (χ4n) is 2.26. The van der Waals surface area contributed by atoms with Gasteiger partial charge >= 0.3 is 0 Å². The maximum Gasteiger partial charge on any atom is 0.149 e. The fourth-order valence-corrected chi connectivity index (χ4v) is 2.26. The van der Waals surface area contributed by atoms with Crippen molar-refractivity contribution in [3.05, 3.63) is 0 Å². The van der Waals surface area contributed by atoms with Crippen molar-refractivity contribution in [2.75, 3.05) is 20.1 Å². The molecule has 0 aromatic carbocycles. The summed E-state index contributed by atoms with van der Waals surface area (Å²) in [6.45, 7) is 10.5. The molecule has 0 amide bonds. The normalized spacial score (nSPS) is 31.5. The van der Waals surface area contributed by atoms with Crippen LogP contribution in [-0.2, 0) is 4.79 Å². The van der Waals surface area contributed by atoms with Crippen molar-refractivity contribution in [1.29, 1.82) is 0 Å². The number of hydrogen-bond acceptors (Lipinski definition) is 3. The van der Waals surface area contributed by atoms with Crippen LogP contribution < -0.4 is 0 Å². The second-order valence-electron chi connectivity index (χ2n) is 4.81. The van der Waals surface area contributed by atoms with Gasteiger partial charge in [0.2, 0.25) is 0 Å². The maximum absolute atomic E-state index is 11.7. The van der Waals surface area contributed by atoms with E-state index in [-0.39, 0.29) is 6.04 Å². The predicted octanol–water partition coefficient (Wildman–Crippen LogP) is 1.38. The van der Waals surface area contributed by atoms with Gasteiger partial charge in [0.25, 0.3) is 0 Å². The Morgan fingerprint density at radius 3 is 2.20 bits per heavy atom. The fraction of sp³-hybridized carbons (Fsp3) is 0.917. The first-order chi connectivity index (χ1) is 6.97. The van der Waals surface area contributed by atoms with Gasteiger partial charge in [0, 0.05) is 31.6 Å². The molecule has 1 saturated heterocycles. The molecule has 0 aromatic heterocycles. The SMILES string of the molecule is CCC(=O)C(C)N1CC(C)N(C)C(C)C1. The summed E-state index contributed by atoms with van der Waals surface area (Å²) >= 11 is 0. The molecule has 15 heavy (non-hydrogen) atoms. The van der Waals surface area contributed by atoms with Crippen LogP contribution in [0.2, 0.25) is 0 Å². The van der Waals surface area contributed by atoms with Crippen LogP contribution in [0.1, 0.15) is 34.1 Å². The van der Waals surface area contributed by atoms with Crippen molar-refractivity contribution >= 4 is 5.78 Å². The van der Waals surface area contributed by atoms with Gasteiger partial charge in [-0.3, -0.25) is 14.6 Å². The highest BCUT2D eigenvalue weighted by Gasteiger charge is 2.30. The van der Waals surface area contributed by atoms with E-state index in [2.05, 4.69) is 30.7 Å². The number of likely N-dealkylation sites (N-methyl/N-ethyl adjacent to an activating group) is 1. The molecule has 0 N–H and O–H groups in total. The smallest absolute Gasteiger partial charge is 0.149 e. The van der Waals surface area contributed by atoms with Gasteiger partial charge in [-0.15, -0.1) is 0 Å². The van der Waals surface area contributed by atoms with Crippen LogP contribution in [-0.4, -0.2) is 53.8 Å². The maximum atomic E-state index is 11.7. The Kier molecular flexibility index (Phi) is 4.29. The quantitative estimate of drug-likeness (QED) is 0.706. The lowest BCUT2D eigenvalue weighted by molar-refractivity contribution is -0.124. The Labute approximate surface area is 93.4 Å². The molecule has 0 spiro atoms. The summed E-state index contributed by atoms with van der Waals surface area (Å²) in [5.74, 6) is 0.360. The number of nitrogens with zero attached hydrogens (tertiary/aromatic N) is 2. The summed E-state index contributed by atoms with van der Waals surface area (Å²) in [6.07, 6.45) is 0.649. The first kappa shape index (κ1) is 12.7. The van der Waals surface area contributed by atoms with E-state index in [9.17, 15) is 4.79 Å². The molecule has 0 bridgehead atoms. The largest absolute Gasteiger partial charge is 0.298 e. The number of rotatable bonds is 3. The Morgan fingerprint density at radius 1 is 1.33 bits per heavy atom. The number of hydrogen-bond donors (Lipinski definition) is 0. The highest BCUT2D eigenvalue weighted by Crippen LogP contribution is 2.16. The average Bonchev–Trinajstić information content (AvgIpc) is 2.23. The lowest BCUT2D eigenvalue weighted by Gasteiger charge is -2.44. The molecule has 3 heteroatoms. The number of Topliss-reactive ketones (excluding diaryl/α,β-unsaturated/α-hetero) is 1. The van der Waals surface area contributed by atoms with Gasteiger partial charge in [-0.2, -0.15) is 0 Å². The van der Waals surface area contributed by atoms with Gasteiger partial charge < -0.3 is 0 Å². The van der Waals surface area contributed by atoms with Crippen LogP contribution in [0.3, 0.4) is 0 Å². The highest BCUT2D eigenvalue weighted by molar-refractivity contribution is 5.83. The number of carbonyl (C=O) groups excluding carboxylic acids is 1. The van der Waals surface area contributed by atoms with Crippen molar-refractivity contribution in [2.45, 2.75) is 52.2 Å². The second kappa shape index (κ2) is 5.08. The third kappa shape index (κ3) is 2.79. The van der Waals surface area contributed by atoms with Gasteiger partial charge in [0.05, 0.1) is 6.04 Å². The van der Waals surface area contributed by atoms with Gasteiger partial charge in [0.15, 0.2) is 0 Å². The van der Waals surface area contributed by atoms with Crippen molar-refractivity contribution in [1.82, 2.24) is 9.80 Å². The zero-order valence-corrected chi connectivity index (χ0v) is 10.7. The third-order valence-corrected chi connectivity index (χ3v) is 3.75. The zero-order valence-electron chi connectivity index (χ0n) is 10.7. The Bertz CT molecular complexity index is 218. The Morgan fingerprint density at radius 2 is 1.80 bits per heavy atom. The van der Waals surface area contributed by atoms with Crippen LogP contribution in [0.25, 0.3) is 0 Å². The van der Waals surface area contributed by atoms with Gasteiger partial charge in [-0.05, 0) is 27.8 Å². The minimum absolute atomic E-state index is 0.0913. The molecule has 1 heterocycles. The van der Waals surface area contributed by atoms with E-state index in [1.165, 1.54) is 0 Å². The first-order valence-corrected chi connectivity index (χ1v) is 5.96. The van der Waals surface area contributed by atoms with Crippen molar-refractivity contribution in [3.8, 4) is 0 Å². The molecule has 0 aromatic rings. The Hall–Kier alpha value is -0.410. The number of piperazine rings is 1. The Balaban J connectivity index is 2.61. The summed E-state index contributed by atoms with van der Waals surface area (Å²) in [7, 11) is 2.17. The van der Waals surface area contributed by atoms with E-state index in [0.29, 0.717) is 24.3 Å². The lowest BCUT2D eigenvalue weighted by Crippen LogP contribution is -2.58. The topological polar surface area (TPSA) is 23.6 Å². The molecule has 3 unspecified atom stereocenters. The van der Waals surface area contributed by atoms with Crippen LogP contribution in [0.4, 0.5) is 0 Å².